The highest BCUT2D eigenvalue weighted by Crippen LogP contribution is 2.23. The van der Waals surface area contributed by atoms with Crippen molar-refractivity contribution in [2.45, 2.75) is 25.2 Å². The molecule has 0 radical (unpaired) electrons. The number of amides is 1. The Labute approximate surface area is 187 Å². The number of sulfonamides is 1. The standard InChI is InChI=1S/C24H24N2O5S/c1-17-5-3-7-22(15-17)31-21-11-9-20(10-12-21)26-24(28)13-14-25-32(29,30)23-8-4-6-19(16-23)18(2)27/h3-12,15-16,25H,13-14H2,1-2H3,(H,26,28). The molecule has 0 saturated carbocycles. The number of aryl methyl sites for hydroxylation is 1. The highest BCUT2D eigenvalue weighted by atomic mass is 32.2. The van der Waals surface area contributed by atoms with E-state index in [4.69, 9.17) is 4.74 Å². The Bertz CT molecular complexity index is 1220. The van der Waals surface area contributed by atoms with Crippen LogP contribution >= 0.6 is 0 Å². The average Bonchev–Trinajstić information content (AvgIpc) is 2.75. The van der Waals surface area contributed by atoms with Crippen molar-refractivity contribution in [3.05, 3.63) is 83.9 Å². The number of nitrogens with one attached hydrogen (secondary N) is 2. The highest BCUT2D eigenvalue weighted by molar-refractivity contribution is 7.89. The maximum absolute atomic E-state index is 12.4. The molecule has 0 bridgehead atoms. The van der Waals surface area contributed by atoms with Crippen LogP contribution in [-0.4, -0.2) is 26.7 Å². The summed E-state index contributed by atoms with van der Waals surface area (Å²) in [6.45, 7) is 3.27. The SMILES string of the molecule is CC(=O)c1cccc(S(=O)(=O)NCCC(=O)Nc2ccc(Oc3cccc(C)c3)cc2)c1. The summed E-state index contributed by atoms with van der Waals surface area (Å²) in [6, 6.07) is 20.3. The van der Waals surface area contributed by atoms with E-state index >= 15 is 0 Å². The van der Waals surface area contributed by atoms with Crippen molar-refractivity contribution < 1.29 is 22.7 Å². The minimum atomic E-state index is -3.82. The summed E-state index contributed by atoms with van der Waals surface area (Å²) in [7, 11) is -3.82. The zero-order valence-electron chi connectivity index (χ0n) is 17.8. The second-order valence-corrected chi connectivity index (χ2v) is 8.99. The summed E-state index contributed by atoms with van der Waals surface area (Å²) in [5, 5.41) is 2.72. The van der Waals surface area contributed by atoms with E-state index in [1.807, 2.05) is 31.2 Å². The first-order chi connectivity index (χ1) is 15.2. The molecule has 0 spiro atoms. The van der Waals surface area contributed by atoms with E-state index in [1.165, 1.54) is 25.1 Å². The zero-order chi connectivity index (χ0) is 23.1. The molecule has 32 heavy (non-hydrogen) atoms. The van der Waals surface area contributed by atoms with Gasteiger partial charge in [0.1, 0.15) is 11.5 Å². The summed E-state index contributed by atoms with van der Waals surface area (Å²) >= 11 is 0. The van der Waals surface area contributed by atoms with Crippen LogP contribution in [0.15, 0.2) is 77.7 Å². The number of carbonyl (C=O) groups is 2. The van der Waals surface area contributed by atoms with E-state index < -0.39 is 10.0 Å². The third-order valence-corrected chi connectivity index (χ3v) is 6.02. The Morgan fingerprint density at radius 3 is 2.31 bits per heavy atom. The number of benzene rings is 3. The van der Waals surface area contributed by atoms with Crippen molar-refractivity contribution in [3.63, 3.8) is 0 Å². The lowest BCUT2D eigenvalue weighted by molar-refractivity contribution is -0.116. The average molecular weight is 453 g/mol. The van der Waals surface area contributed by atoms with E-state index in [0.717, 1.165) is 11.3 Å². The second-order valence-electron chi connectivity index (χ2n) is 7.22. The minimum Gasteiger partial charge on any atom is -0.457 e. The van der Waals surface area contributed by atoms with Gasteiger partial charge in [-0.15, -0.1) is 0 Å². The van der Waals surface area contributed by atoms with Gasteiger partial charge in [0.05, 0.1) is 4.90 Å². The van der Waals surface area contributed by atoms with E-state index in [0.29, 0.717) is 17.0 Å². The first-order valence-corrected chi connectivity index (χ1v) is 11.5. The van der Waals surface area contributed by atoms with Crippen molar-refractivity contribution in [2.75, 3.05) is 11.9 Å². The molecule has 0 atom stereocenters. The molecule has 0 unspecified atom stereocenters. The summed E-state index contributed by atoms with van der Waals surface area (Å²) in [4.78, 5) is 23.6. The number of hydrogen-bond acceptors (Lipinski definition) is 5. The van der Waals surface area contributed by atoms with Gasteiger partial charge in [0.15, 0.2) is 5.78 Å². The predicted molar refractivity (Wildman–Crippen MR) is 123 cm³/mol. The van der Waals surface area contributed by atoms with E-state index in [-0.39, 0.29) is 29.6 Å². The molecule has 0 aliphatic rings. The number of carbonyl (C=O) groups excluding carboxylic acids is 2. The van der Waals surface area contributed by atoms with Crippen LogP contribution in [0, 0.1) is 6.92 Å². The lowest BCUT2D eigenvalue weighted by atomic mass is 10.2. The second kappa shape index (κ2) is 10.2. The summed E-state index contributed by atoms with van der Waals surface area (Å²) < 4.78 is 32.9. The Morgan fingerprint density at radius 1 is 0.906 bits per heavy atom. The quantitative estimate of drug-likeness (QED) is 0.472. The van der Waals surface area contributed by atoms with E-state index in [9.17, 15) is 18.0 Å². The smallest absolute Gasteiger partial charge is 0.240 e. The molecule has 0 aliphatic heterocycles. The molecule has 0 aliphatic carbocycles. The van der Waals surface area contributed by atoms with Crippen molar-refractivity contribution in [3.8, 4) is 11.5 Å². The molecule has 8 heteroatoms. The molecule has 1 amide bonds. The third-order valence-electron chi connectivity index (χ3n) is 4.56. The number of anilines is 1. The molecule has 0 saturated heterocycles. The monoisotopic (exact) mass is 452 g/mol. The highest BCUT2D eigenvalue weighted by Gasteiger charge is 2.15. The molecule has 2 N–H and O–H groups in total. The van der Waals surface area contributed by atoms with Crippen LogP contribution in [0.4, 0.5) is 5.69 Å². The zero-order valence-corrected chi connectivity index (χ0v) is 18.6. The van der Waals surface area contributed by atoms with Crippen LogP contribution in [-0.2, 0) is 14.8 Å². The van der Waals surface area contributed by atoms with Crippen LogP contribution in [0.5, 0.6) is 11.5 Å². The number of hydrogen-bond donors (Lipinski definition) is 2. The molecule has 0 fully saturated rings. The maximum atomic E-state index is 12.4. The minimum absolute atomic E-state index is 0.0187. The Kier molecular flexibility index (Phi) is 7.40. The summed E-state index contributed by atoms with van der Waals surface area (Å²) in [6.07, 6.45) is -0.0484. The topological polar surface area (TPSA) is 102 Å². The molecular formula is C24H24N2O5S. The fraction of sp³-hybridized carbons (Fsp3) is 0.167. The van der Waals surface area contributed by atoms with Gasteiger partial charge in [-0.1, -0.05) is 24.3 Å². The summed E-state index contributed by atoms with van der Waals surface area (Å²) in [5.41, 5.74) is 1.97. The Balaban J connectivity index is 1.50. The Morgan fingerprint density at radius 2 is 1.62 bits per heavy atom. The van der Waals surface area contributed by atoms with E-state index in [2.05, 4.69) is 10.0 Å². The van der Waals surface area contributed by atoms with Gasteiger partial charge in [-0.3, -0.25) is 9.59 Å². The molecule has 166 valence electrons. The van der Waals surface area contributed by atoms with Gasteiger partial charge in [0.2, 0.25) is 15.9 Å². The molecular weight excluding hydrogens is 428 g/mol. The summed E-state index contributed by atoms with van der Waals surface area (Å²) in [5.74, 6) is 0.798. The molecule has 0 heterocycles. The molecule has 0 aromatic heterocycles. The molecule has 3 aromatic carbocycles. The van der Waals surface area contributed by atoms with Gasteiger partial charge in [-0.2, -0.15) is 0 Å². The fourth-order valence-corrected chi connectivity index (χ4v) is 3.99. The van der Waals surface area contributed by atoms with Crippen LogP contribution in [0.2, 0.25) is 0 Å². The number of rotatable bonds is 9. The van der Waals surface area contributed by atoms with Crippen LogP contribution < -0.4 is 14.8 Å². The number of ether oxygens (including phenoxy) is 1. The largest absolute Gasteiger partial charge is 0.457 e. The van der Waals surface area contributed by atoms with Gasteiger partial charge in [-0.25, -0.2) is 13.1 Å². The van der Waals surface area contributed by atoms with Crippen molar-refractivity contribution >= 4 is 27.4 Å². The maximum Gasteiger partial charge on any atom is 0.240 e. The van der Waals surface area contributed by atoms with Crippen LogP contribution in [0.3, 0.4) is 0 Å². The van der Waals surface area contributed by atoms with E-state index in [1.54, 1.807) is 30.3 Å². The van der Waals surface area contributed by atoms with Crippen molar-refractivity contribution in [2.24, 2.45) is 0 Å². The molecule has 3 aromatic rings. The number of Topliss-reactive ketones (excluding diaryl/α,β-unsaturated/α-hetero) is 1. The van der Waals surface area contributed by atoms with Crippen LogP contribution in [0.25, 0.3) is 0 Å². The van der Waals surface area contributed by atoms with Gasteiger partial charge >= 0.3 is 0 Å². The normalized spacial score (nSPS) is 11.1. The first kappa shape index (κ1) is 23.2. The Hall–Kier alpha value is -3.49. The molecule has 7 nitrogen and oxygen atoms in total. The van der Waals surface area contributed by atoms with Crippen molar-refractivity contribution in [1.82, 2.24) is 4.72 Å². The lowest BCUT2D eigenvalue weighted by Crippen LogP contribution is -2.28. The predicted octanol–water partition coefficient (Wildman–Crippen LogP) is 4.30. The van der Waals surface area contributed by atoms with Gasteiger partial charge < -0.3 is 10.1 Å². The van der Waals surface area contributed by atoms with Gasteiger partial charge in [-0.05, 0) is 67.9 Å². The van der Waals surface area contributed by atoms with Gasteiger partial charge in [0, 0.05) is 24.2 Å². The van der Waals surface area contributed by atoms with Crippen LogP contribution in [0.1, 0.15) is 29.3 Å². The lowest BCUT2D eigenvalue weighted by Gasteiger charge is -2.10. The molecule has 3 rings (SSSR count). The number of ketones is 1. The third kappa shape index (κ3) is 6.50. The fourth-order valence-electron chi connectivity index (χ4n) is 2.91. The van der Waals surface area contributed by atoms with Crippen molar-refractivity contribution in [1.29, 1.82) is 0 Å². The first-order valence-electron chi connectivity index (χ1n) is 9.98. The van der Waals surface area contributed by atoms with Gasteiger partial charge in [0.25, 0.3) is 0 Å².